The number of hydrogen-bond acceptors (Lipinski definition) is 0. The molecular weight excluding hydrogens is 199 g/mol. The molecule has 0 aliphatic carbocycles. The Labute approximate surface area is 94.7 Å². The fourth-order valence-electron chi connectivity index (χ4n) is 1.66. The van der Waals surface area contributed by atoms with Crippen LogP contribution in [0.2, 0.25) is 0 Å². The van der Waals surface area contributed by atoms with Crippen LogP contribution in [0.5, 0.6) is 0 Å². The molecule has 1 heteroatoms. The van der Waals surface area contributed by atoms with Gasteiger partial charge in [0.2, 0.25) is 0 Å². The molecule has 0 saturated carbocycles. The molecule has 16 heavy (non-hydrogen) atoms. The molecule has 0 unspecified atom stereocenters. The predicted octanol–water partition coefficient (Wildman–Crippen LogP) is 3.40. The lowest BCUT2D eigenvalue weighted by molar-refractivity contribution is 0.614. The lowest BCUT2D eigenvalue weighted by Gasteiger charge is -2.05. The van der Waals surface area contributed by atoms with Crippen LogP contribution < -0.4 is 0 Å². The van der Waals surface area contributed by atoms with Crippen molar-refractivity contribution in [1.29, 1.82) is 0 Å². The van der Waals surface area contributed by atoms with Crippen LogP contribution in [-0.4, -0.2) is 0 Å². The molecule has 0 atom stereocenters. The Morgan fingerprint density at radius 2 is 1.56 bits per heavy atom. The molecule has 0 fully saturated rings. The molecule has 0 saturated heterocycles. The molecule has 78 valence electrons. The highest BCUT2D eigenvalue weighted by molar-refractivity contribution is 5.42. The van der Waals surface area contributed by atoms with Crippen molar-refractivity contribution in [3.05, 3.63) is 71.0 Å². The molecule has 0 bridgehead atoms. The fourth-order valence-corrected chi connectivity index (χ4v) is 1.66. The maximum Gasteiger partial charge on any atom is 0.126 e. The van der Waals surface area contributed by atoms with Gasteiger partial charge in [0.25, 0.3) is 0 Å². The normalized spacial score (nSPS) is 9.75. The Morgan fingerprint density at radius 3 is 2.25 bits per heavy atom. The summed E-state index contributed by atoms with van der Waals surface area (Å²) in [7, 11) is 0. The topological polar surface area (TPSA) is 0 Å². The van der Waals surface area contributed by atoms with E-state index in [1.807, 2.05) is 30.3 Å². The fraction of sp³-hybridized carbons (Fsp3) is 0.0667. The highest BCUT2D eigenvalue weighted by Gasteiger charge is 2.04. The lowest BCUT2D eigenvalue weighted by Crippen LogP contribution is -1.94. The molecule has 0 aromatic heterocycles. The Kier molecular flexibility index (Phi) is 3.03. The Balaban J connectivity index is 2.35. The van der Waals surface area contributed by atoms with Crippen molar-refractivity contribution in [2.75, 3.05) is 0 Å². The maximum atomic E-state index is 13.5. The summed E-state index contributed by atoms with van der Waals surface area (Å²) < 4.78 is 13.5. The predicted molar refractivity (Wildman–Crippen MR) is 63.6 cm³/mol. The van der Waals surface area contributed by atoms with Gasteiger partial charge >= 0.3 is 0 Å². The zero-order valence-corrected chi connectivity index (χ0v) is 8.78. The van der Waals surface area contributed by atoms with Crippen LogP contribution in [0.25, 0.3) is 0 Å². The average molecular weight is 210 g/mol. The Morgan fingerprint density at radius 1 is 0.938 bits per heavy atom. The van der Waals surface area contributed by atoms with E-state index >= 15 is 0 Å². The van der Waals surface area contributed by atoms with Gasteiger partial charge in [-0.2, -0.15) is 0 Å². The molecule has 2 rings (SSSR count). The van der Waals surface area contributed by atoms with E-state index in [0.29, 0.717) is 12.0 Å². The van der Waals surface area contributed by atoms with Crippen LogP contribution in [-0.2, 0) is 6.42 Å². The molecule has 0 aliphatic heterocycles. The minimum atomic E-state index is -0.186. The standard InChI is InChI=1S/C15H11F/c1-2-12-7-3-4-8-13(12)11-14-9-5-6-10-15(14)16/h1,3-10H,11H2. The summed E-state index contributed by atoms with van der Waals surface area (Å²) in [6.45, 7) is 0. The van der Waals surface area contributed by atoms with Gasteiger partial charge in [0.15, 0.2) is 0 Å². The van der Waals surface area contributed by atoms with Crippen LogP contribution in [0.15, 0.2) is 48.5 Å². The maximum absolute atomic E-state index is 13.5. The molecule has 0 amide bonds. The molecule has 0 radical (unpaired) electrons. The molecular formula is C15H11F. The smallest absolute Gasteiger partial charge is 0.126 e. The van der Waals surface area contributed by atoms with Gasteiger partial charge in [0.1, 0.15) is 5.82 Å². The van der Waals surface area contributed by atoms with Gasteiger partial charge in [-0.1, -0.05) is 42.3 Å². The quantitative estimate of drug-likeness (QED) is 0.666. The van der Waals surface area contributed by atoms with E-state index in [2.05, 4.69) is 5.92 Å². The van der Waals surface area contributed by atoms with Crippen LogP contribution in [0, 0.1) is 18.2 Å². The van der Waals surface area contributed by atoms with Gasteiger partial charge in [0, 0.05) is 12.0 Å². The molecule has 2 aromatic rings. The van der Waals surface area contributed by atoms with Crippen LogP contribution in [0.1, 0.15) is 16.7 Å². The number of terminal acetylenes is 1. The van der Waals surface area contributed by atoms with E-state index in [1.54, 1.807) is 12.1 Å². The minimum Gasteiger partial charge on any atom is -0.207 e. The zero-order valence-electron chi connectivity index (χ0n) is 8.78. The summed E-state index contributed by atoms with van der Waals surface area (Å²) in [5.74, 6) is 2.43. The van der Waals surface area contributed by atoms with Crippen molar-refractivity contribution in [1.82, 2.24) is 0 Å². The van der Waals surface area contributed by atoms with Crippen molar-refractivity contribution in [2.24, 2.45) is 0 Å². The van der Waals surface area contributed by atoms with Crippen molar-refractivity contribution in [3.63, 3.8) is 0 Å². The first-order valence-corrected chi connectivity index (χ1v) is 5.09. The third kappa shape index (κ3) is 2.12. The Bertz CT molecular complexity index is 535. The summed E-state index contributed by atoms with van der Waals surface area (Å²) in [5, 5.41) is 0. The third-order valence-corrected chi connectivity index (χ3v) is 2.51. The Hall–Kier alpha value is -2.07. The SMILES string of the molecule is C#Cc1ccccc1Cc1ccccc1F. The summed E-state index contributed by atoms with van der Waals surface area (Å²) in [4.78, 5) is 0. The van der Waals surface area contributed by atoms with E-state index < -0.39 is 0 Å². The summed E-state index contributed by atoms with van der Waals surface area (Å²) >= 11 is 0. The van der Waals surface area contributed by atoms with Crippen LogP contribution >= 0.6 is 0 Å². The van der Waals surface area contributed by atoms with E-state index in [-0.39, 0.29) is 5.82 Å². The second kappa shape index (κ2) is 4.63. The van der Waals surface area contributed by atoms with Gasteiger partial charge in [-0.3, -0.25) is 0 Å². The average Bonchev–Trinajstić information content (AvgIpc) is 2.33. The number of hydrogen-bond donors (Lipinski definition) is 0. The summed E-state index contributed by atoms with van der Waals surface area (Å²) in [6, 6.07) is 14.4. The van der Waals surface area contributed by atoms with Crippen molar-refractivity contribution in [2.45, 2.75) is 6.42 Å². The second-order valence-electron chi connectivity index (χ2n) is 3.57. The molecule has 0 N–H and O–H groups in total. The van der Waals surface area contributed by atoms with Crippen molar-refractivity contribution < 1.29 is 4.39 Å². The number of benzene rings is 2. The van der Waals surface area contributed by atoms with Gasteiger partial charge < -0.3 is 0 Å². The molecule has 0 aliphatic rings. The van der Waals surface area contributed by atoms with E-state index in [1.165, 1.54) is 6.07 Å². The molecule has 2 aromatic carbocycles. The van der Waals surface area contributed by atoms with Gasteiger partial charge in [-0.25, -0.2) is 4.39 Å². The number of rotatable bonds is 2. The number of halogens is 1. The molecule has 0 heterocycles. The molecule has 0 nitrogen and oxygen atoms in total. The van der Waals surface area contributed by atoms with Crippen molar-refractivity contribution in [3.8, 4) is 12.3 Å². The van der Waals surface area contributed by atoms with Crippen LogP contribution in [0.3, 0.4) is 0 Å². The van der Waals surface area contributed by atoms with Gasteiger partial charge in [-0.15, -0.1) is 6.42 Å². The first-order chi connectivity index (χ1) is 7.81. The lowest BCUT2D eigenvalue weighted by atomic mass is 10.00. The first-order valence-electron chi connectivity index (χ1n) is 5.09. The monoisotopic (exact) mass is 210 g/mol. The zero-order chi connectivity index (χ0) is 11.4. The minimum absolute atomic E-state index is 0.186. The largest absolute Gasteiger partial charge is 0.207 e. The first kappa shape index (κ1) is 10.4. The second-order valence-corrected chi connectivity index (χ2v) is 3.57. The van der Waals surface area contributed by atoms with Gasteiger partial charge in [0.05, 0.1) is 0 Å². The van der Waals surface area contributed by atoms with E-state index in [9.17, 15) is 4.39 Å². The highest BCUT2D eigenvalue weighted by Crippen LogP contribution is 2.15. The van der Waals surface area contributed by atoms with Gasteiger partial charge in [-0.05, 0) is 23.3 Å². The van der Waals surface area contributed by atoms with Crippen molar-refractivity contribution >= 4 is 0 Å². The summed E-state index contributed by atoms with van der Waals surface area (Å²) in [6.07, 6.45) is 5.93. The van der Waals surface area contributed by atoms with Crippen LogP contribution in [0.4, 0.5) is 4.39 Å². The van der Waals surface area contributed by atoms with E-state index in [0.717, 1.165) is 11.1 Å². The molecule has 0 spiro atoms. The van der Waals surface area contributed by atoms with E-state index in [4.69, 9.17) is 6.42 Å². The summed E-state index contributed by atoms with van der Waals surface area (Å²) in [5.41, 5.74) is 2.48. The highest BCUT2D eigenvalue weighted by atomic mass is 19.1. The third-order valence-electron chi connectivity index (χ3n) is 2.51.